The third kappa shape index (κ3) is 5.33. The van der Waals surface area contributed by atoms with Gasteiger partial charge in [-0.25, -0.2) is 13.4 Å². The molecule has 0 unspecified atom stereocenters. The average Bonchev–Trinajstić information content (AvgIpc) is 2.65. The maximum absolute atomic E-state index is 12.6. The fourth-order valence-electron chi connectivity index (χ4n) is 3.37. The Kier molecular flexibility index (Phi) is 7.37. The van der Waals surface area contributed by atoms with E-state index in [4.69, 9.17) is 0 Å². The number of rotatable bonds is 8. The number of anilines is 2. The van der Waals surface area contributed by atoms with Crippen molar-refractivity contribution in [2.24, 2.45) is 0 Å². The van der Waals surface area contributed by atoms with Gasteiger partial charge in [-0.1, -0.05) is 31.5 Å². The van der Waals surface area contributed by atoms with Crippen LogP contribution in [0.15, 0.2) is 35.4 Å². The lowest BCUT2D eigenvalue weighted by atomic mass is 10.1. The van der Waals surface area contributed by atoms with Gasteiger partial charge in [-0.3, -0.25) is 9.69 Å². The summed E-state index contributed by atoms with van der Waals surface area (Å²) in [5.41, 5.74) is 4.04. The van der Waals surface area contributed by atoms with Gasteiger partial charge in [0.15, 0.2) is 6.54 Å². The number of benzene rings is 1. The number of nitrogens with one attached hydrogen (secondary N) is 2. The van der Waals surface area contributed by atoms with Gasteiger partial charge in [0.05, 0.1) is 7.05 Å². The molecule has 0 aliphatic carbocycles. The Morgan fingerprint density at radius 3 is 2.14 bits per heavy atom. The van der Waals surface area contributed by atoms with E-state index in [1.165, 1.54) is 10.5 Å². The maximum atomic E-state index is 12.6. The van der Waals surface area contributed by atoms with E-state index in [-0.39, 0.29) is 17.3 Å². The summed E-state index contributed by atoms with van der Waals surface area (Å²) in [4.78, 5) is 17.4. The zero-order valence-corrected chi connectivity index (χ0v) is 18.9. The predicted molar refractivity (Wildman–Crippen MR) is 116 cm³/mol. The molecule has 1 amide bonds. The molecule has 0 atom stereocenters. The summed E-state index contributed by atoms with van der Waals surface area (Å²) >= 11 is 0. The van der Waals surface area contributed by atoms with Gasteiger partial charge in [0.1, 0.15) is 11.1 Å². The summed E-state index contributed by atoms with van der Waals surface area (Å²) in [5.74, 6) is 0.506. The molecule has 0 saturated carbocycles. The van der Waals surface area contributed by atoms with Gasteiger partial charge in [-0.2, -0.15) is 4.31 Å². The highest BCUT2D eigenvalue weighted by atomic mass is 32.2. The third-order valence-corrected chi connectivity index (χ3v) is 6.89. The smallest absolute Gasteiger partial charge is 0.274 e. The molecule has 0 saturated heterocycles. The van der Waals surface area contributed by atoms with Crippen LogP contribution in [0.1, 0.15) is 30.5 Å². The first-order chi connectivity index (χ1) is 13.6. The van der Waals surface area contributed by atoms with Crippen molar-refractivity contribution in [3.05, 3.63) is 47.2 Å². The number of aryl methyl sites for hydroxylation is 3. The summed E-state index contributed by atoms with van der Waals surface area (Å²) in [6, 6.07) is 7.30. The monoisotopic (exact) mass is 419 g/mol. The van der Waals surface area contributed by atoms with E-state index in [1.807, 2.05) is 46.8 Å². The summed E-state index contributed by atoms with van der Waals surface area (Å²) in [6.07, 6.45) is 1.46. The number of carbonyl (C=O) groups is 1. The van der Waals surface area contributed by atoms with Crippen molar-refractivity contribution in [3.8, 4) is 0 Å². The summed E-state index contributed by atoms with van der Waals surface area (Å²) in [7, 11) is -1.74. The Balaban J connectivity index is 2.10. The van der Waals surface area contributed by atoms with Crippen LogP contribution in [0, 0.1) is 20.8 Å². The quantitative estimate of drug-likeness (QED) is 0.713. The Morgan fingerprint density at radius 2 is 1.66 bits per heavy atom. The lowest BCUT2D eigenvalue weighted by Crippen LogP contribution is -2.35. The van der Waals surface area contributed by atoms with Crippen LogP contribution in [-0.4, -0.2) is 45.3 Å². The number of carbonyl (C=O) groups excluding carboxylic acids is 1. The molecule has 0 fully saturated rings. The zero-order chi connectivity index (χ0) is 21.8. The van der Waals surface area contributed by atoms with Gasteiger partial charge in [-0.15, -0.1) is 0 Å². The van der Waals surface area contributed by atoms with Crippen molar-refractivity contribution in [2.75, 3.05) is 36.9 Å². The molecule has 29 heavy (non-hydrogen) atoms. The summed E-state index contributed by atoms with van der Waals surface area (Å²) in [5, 5.41) is 2.98. The molecule has 0 spiro atoms. The number of hydrogen-bond acceptors (Lipinski definition) is 4. The second-order valence-corrected chi connectivity index (χ2v) is 9.11. The van der Waals surface area contributed by atoms with Crippen molar-refractivity contribution in [1.29, 1.82) is 0 Å². The second kappa shape index (κ2) is 9.37. The van der Waals surface area contributed by atoms with Crippen LogP contribution >= 0.6 is 0 Å². The van der Waals surface area contributed by atoms with Crippen LogP contribution in [0.2, 0.25) is 0 Å². The highest BCUT2D eigenvalue weighted by Crippen LogP contribution is 2.22. The Morgan fingerprint density at radius 1 is 1.07 bits per heavy atom. The highest BCUT2D eigenvalue weighted by molar-refractivity contribution is 7.89. The first-order valence-electron chi connectivity index (χ1n) is 9.70. The molecule has 0 bridgehead atoms. The van der Waals surface area contributed by atoms with Gasteiger partial charge in [0.2, 0.25) is 10.0 Å². The van der Waals surface area contributed by atoms with Gasteiger partial charge in [0.25, 0.3) is 11.7 Å². The molecule has 2 aromatic rings. The Labute approximate surface area is 173 Å². The minimum absolute atomic E-state index is 0.130. The lowest BCUT2D eigenvalue weighted by molar-refractivity contribution is -0.366. The van der Waals surface area contributed by atoms with E-state index in [1.54, 1.807) is 24.1 Å². The number of pyridine rings is 1. The van der Waals surface area contributed by atoms with Crippen LogP contribution in [0.5, 0.6) is 0 Å². The molecule has 1 aromatic heterocycles. The van der Waals surface area contributed by atoms with Crippen molar-refractivity contribution in [2.45, 2.75) is 39.5 Å². The van der Waals surface area contributed by atoms with E-state index in [9.17, 15) is 13.2 Å². The van der Waals surface area contributed by atoms with Crippen LogP contribution in [0.25, 0.3) is 0 Å². The largest absolute Gasteiger partial charge is 0.322 e. The molecule has 0 aliphatic rings. The number of likely N-dealkylation sites (N-methyl/N-ethyl adjacent to an activating group) is 1. The molecule has 158 valence electrons. The predicted octanol–water partition coefficient (Wildman–Crippen LogP) is 2.53. The van der Waals surface area contributed by atoms with Gasteiger partial charge >= 0.3 is 0 Å². The number of amides is 1. The average molecular weight is 420 g/mol. The standard InChI is InChI=1S/C21H30N4O3S/c1-7-25(8-2)29(27,28)18-9-10-19(22-13-18)24(6)14-20(26)23-21-16(4)11-15(3)12-17(21)5/h9-13H,7-8,14H2,1-6H3,(H,23,26)/p+1. The second-order valence-electron chi connectivity index (χ2n) is 7.18. The van der Waals surface area contributed by atoms with Crippen molar-refractivity contribution >= 4 is 27.4 Å². The van der Waals surface area contributed by atoms with Crippen LogP contribution in [0.4, 0.5) is 11.5 Å². The number of sulfonamides is 1. The van der Waals surface area contributed by atoms with Crippen molar-refractivity contribution < 1.29 is 18.2 Å². The molecule has 2 N–H and O–H groups in total. The molecule has 2 rings (SSSR count). The van der Waals surface area contributed by atoms with Crippen LogP contribution in [-0.2, 0) is 14.8 Å². The molecule has 0 aliphatic heterocycles. The van der Waals surface area contributed by atoms with E-state index >= 15 is 0 Å². The summed E-state index contributed by atoms with van der Waals surface area (Å²) in [6.45, 7) is 10.6. The minimum atomic E-state index is -3.52. The molecule has 8 heteroatoms. The number of H-pyrrole nitrogens is 1. The first-order valence-corrected chi connectivity index (χ1v) is 11.1. The third-order valence-electron chi connectivity index (χ3n) is 4.84. The van der Waals surface area contributed by atoms with Crippen LogP contribution in [0.3, 0.4) is 0 Å². The fourth-order valence-corrected chi connectivity index (χ4v) is 4.80. The number of aromatic amines is 1. The normalized spacial score (nSPS) is 11.6. The topological polar surface area (TPSA) is 83.9 Å². The molecule has 1 heterocycles. The fraction of sp³-hybridized carbons (Fsp3) is 0.429. The van der Waals surface area contributed by atoms with E-state index in [0.717, 1.165) is 22.4 Å². The minimum Gasteiger partial charge on any atom is -0.322 e. The Bertz CT molecular complexity index is 945. The van der Waals surface area contributed by atoms with Crippen LogP contribution < -0.4 is 15.2 Å². The number of nitrogens with zero attached hydrogens (tertiary/aromatic N) is 2. The van der Waals surface area contributed by atoms with Crippen molar-refractivity contribution in [1.82, 2.24) is 4.31 Å². The van der Waals surface area contributed by atoms with Gasteiger partial charge in [-0.05, 0) is 38.0 Å². The number of hydrogen-bond donors (Lipinski definition) is 1. The zero-order valence-electron chi connectivity index (χ0n) is 18.0. The Hall–Kier alpha value is -2.45. The highest BCUT2D eigenvalue weighted by Gasteiger charge is 2.24. The number of aromatic nitrogens is 1. The van der Waals surface area contributed by atoms with Crippen molar-refractivity contribution in [3.63, 3.8) is 0 Å². The first kappa shape index (κ1) is 22.8. The molecule has 1 aromatic carbocycles. The molecule has 7 nitrogen and oxygen atoms in total. The lowest BCUT2D eigenvalue weighted by Gasteiger charge is -2.18. The van der Waals surface area contributed by atoms with Gasteiger partial charge in [0, 0.05) is 24.8 Å². The SMILES string of the molecule is CCN(CC)S(=O)(=O)c1ccc(N(C)CC(=O)Nc2c(C)cc(C)cc2C)[nH+]c1. The van der Waals surface area contributed by atoms with E-state index in [0.29, 0.717) is 18.9 Å². The molecular formula is C21H31N4O3S+. The van der Waals surface area contributed by atoms with Gasteiger partial charge < -0.3 is 5.32 Å². The summed E-state index contributed by atoms with van der Waals surface area (Å²) < 4.78 is 26.5. The maximum Gasteiger partial charge on any atom is 0.274 e. The molecular weight excluding hydrogens is 388 g/mol. The molecule has 0 radical (unpaired) electrons. The van der Waals surface area contributed by atoms with E-state index < -0.39 is 10.0 Å². The van der Waals surface area contributed by atoms with E-state index in [2.05, 4.69) is 10.3 Å².